The molecule has 5 rings (SSSR count). The second kappa shape index (κ2) is 13.5. The molecule has 0 atom stereocenters. The molecule has 0 saturated carbocycles. The molecule has 1 aliphatic rings. The Labute approximate surface area is 241 Å². The van der Waals surface area contributed by atoms with E-state index in [1.165, 1.54) is 5.56 Å². The minimum Gasteiger partial charge on any atom is -0.478 e. The molecule has 1 aromatic heterocycles. The molecule has 6 nitrogen and oxygen atoms in total. The Morgan fingerprint density at radius 3 is 2.28 bits per heavy atom. The summed E-state index contributed by atoms with van der Waals surface area (Å²) in [5.74, 6) is 0.155. The van der Waals surface area contributed by atoms with E-state index in [2.05, 4.69) is 34.5 Å². The van der Waals surface area contributed by atoms with Gasteiger partial charge in [0.2, 0.25) is 5.91 Å². The molecule has 8 heteroatoms. The number of hydrogen-bond acceptors (Lipinski definition) is 4. The highest BCUT2D eigenvalue weighted by Gasteiger charge is 2.22. The predicted octanol–water partition coefficient (Wildman–Crippen LogP) is 6.73. The van der Waals surface area contributed by atoms with Crippen LogP contribution in [0, 0.1) is 12.8 Å². The number of carbonyl (C=O) groups is 2. The number of carboxylic acid groups (broad SMARTS) is 1. The van der Waals surface area contributed by atoms with Crippen LogP contribution in [0.15, 0.2) is 78.9 Å². The second-order valence-electron chi connectivity index (χ2n) is 9.90. The average molecular weight is 567 g/mol. The number of pyridine rings is 1. The molecule has 0 radical (unpaired) electrons. The van der Waals surface area contributed by atoms with Gasteiger partial charge in [-0.15, -0.1) is 24.8 Å². The van der Waals surface area contributed by atoms with Crippen molar-refractivity contribution in [1.82, 2.24) is 4.98 Å². The van der Waals surface area contributed by atoms with Crippen LogP contribution in [0.1, 0.15) is 39.9 Å². The monoisotopic (exact) mass is 565 g/mol. The number of halogens is 2. The maximum Gasteiger partial charge on any atom is 0.336 e. The molecule has 1 aliphatic heterocycles. The summed E-state index contributed by atoms with van der Waals surface area (Å²) in [6, 6.07) is 25.3. The van der Waals surface area contributed by atoms with Crippen LogP contribution in [0.2, 0.25) is 0 Å². The first-order valence-electron chi connectivity index (χ1n) is 12.8. The number of benzene rings is 3. The third-order valence-corrected chi connectivity index (χ3v) is 7.10. The van der Waals surface area contributed by atoms with Gasteiger partial charge in [-0.2, -0.15) is 0 Å². The number of carboxylic acids is 1. The third-order valence-electron chi connectivity index (χ3n) is 7.10. The van der Waals surface area contributed by atoms with Crippen LogP contribution in [0.5, 0.6) is 0 Å². The zero-order valence-electron chi connectivity index (χ0n) is 21.8. The third kappa shape index (κ3) is 7.49. The van der Waals surface area contributed by atoms with Crippen molar-refractivity contribution in [2.75, 3.05) is 23.3 Å². The molecule has 0 aliphatic carbocycles. The summed E-state index contributed by atoms with van der Waals surface area (Å²) >= 11 is 0. The van der Waals surface area contributed by atoms with E-state index >= 15 is 0 Å². The van der Waals surface area contributed by atoms with Gasteiger partial charge >= 0.3 is 5.97 Å². The zero-order chi connectivity index (χ0) is 25.8. The highest BCUT2D eigenvalue weighted by atomic mass is 35.5. The van der Waals surface area contributed by atoms with Crippen molar-refractivity contribution in [3.05, 3.63) is 101 Å². The number of anilines is 2. The minimum absolute atomic E-state index is 0. The number of rotatable bonds is 7. The lowest BCUT2D eigenvalue weighted by molar-refractivity contribution is -0.115. The summed E-state index contributed by atoms with van der Waals surface area (Å²) in [6.45, 7) is 3.71. The molecule has 39 heavy (non-hydrogen) atoms. The number of aromatic carboxylic acids is 1. The SMILES string of the molecule is Cc1ccc(CC(=O)Nc2ccc3nc(N4CCC(Cc5ccccc5)CC4)cc(C(=O)O)c3c2)cc1.Cl.Cl. The van der Waals surface area contributed by atoms with E-state index in [1.54, 1.807) is 24.3 Å². The van der Waals surface area contributed by atoms with E-state index in [4.69, 9.17) is 4.98 Å². The molecule has 0 bridgehead atoms. The number of nitrogens with one attached hydrogen (secondary N) is 1. The normalized spacial score (nSPS) is 13.3. The van der Waals surface area contributed by atoms with Crippen LogP contribution in [0.25, 0.3) is 10.9 Å². The van der Waals surface area contributed by atoms with Gasteiger partial charge in [0.15, 0.2) is 0 Å². The predicted molar refractivity (Wildman–Crippen MR) is 162 cm³/mol. The Morgan fingerprint density at radius 1 is 0.923 bits per heavy atom. The van der Waals surface area contributed by atoms with Gasteiger partial charge in [-0.3, -0.25) is 4.79 Å². The van der Waals surface area contributed by atoms with Crippen molar-refractivity contribution in [3.63, 3.8) is 0 Å². The van der Waals surface area contributed by atoms with E-state index in [1.807, 2.05) is 37.3 Å². The van der Waals surface area contributed by atoms with E-state index < -0.39 is 5.97 Å². The van der Waals surface area contributed by atoms with Crippen molar-refractivity contribution in [3.8, 4) is 0 Å². The fraction of sp³-hybridized carbons (Fsp3) is 0.258. The quantitative estimate of drug-likeness (QED) is 0.259. The van der Waals surface area contributed by atoms with E-state index in [0.717, 1.165) is 43.5 Å². The number of aromatic nitrogens is 1. The van der Waals surface area contributed by atoms with Gasteiger partial charge in [-0.25, -0.2) is 9.78 Å². The Kier molecular flexibility index (Phi) is 10.3. The van der Waals surface area contributed by atoms with Crippen molar-refractivity contribution >= 4 is 59.1 Å². The fourth-order valence-electron chi connectivity index (χ4n) is 5.04. The van der Waals surface area contributed by atoms with Gasteiger partial charge in [0.25, 0.3) is 0 Å². The van der Waals surface area contributed by atoms with Crippen LogP contribution >= 0.6 is 24.8 Å². The molecule has 2 heterocycles. The zero-order valence-corrected chi connectivity index (χ0v) is 23.4. The molecule has 0 unspecified atom stereocenters. The molecular formula is C31H33Cl2N3O3. The summed E-state index contributed by atoms with van der Waals surface area (Å²) in [4.78, 5) is 31.7. The number of aryl methyl sites for hydroxylation is 1. The molecule has 2 N–H and O–H groups in total. The first-order chi connectivity index (χ1) is 17.9. The summed E-state index contributed by atoms with van der Waals surface area (Å²) in [5.41, 5.74) is 4.79. The summed E-state index contributed by atoms with van der Waals surface area (Å²) in [5, 5.41) is 13.4. The van der Waals surface area contributed by atoms with Gasteiger partial charge in [0.1, 0.15) is 5.82 Å². The average Bonchev–Trinajstić information content (AvgIpc) is 2.90. The molecule has 204 valence electrons. The Bertz CT molecular complexity index is 1420. The lowest BCUT2D eigenvalue weighted by Crippen LogP contribution is -2.35. The van der Waals surface area contributed by atoms with Crippen LogP contribution < -0.4 is 10.2 Å². The van der Waals surface area contributed by atoms with Crippen LogP contribution in [-0.2, 0) is 17.6 Å². The number of amides is 1. The second-order valence-corrected chi connectivity index (χ2v) is 9.90. The smallest absolute Gasteiger partial charge is 0.336 e. The first-order valence-corrected chi connectivity index (χ1v) is 12.8. The molecule has 1 amide bonds. The lowest BCUT2D eigenvalue weighted by Gasteiger charge is -2.33. The van der Waals surface area contributed by atoms with E-state index in [0.29, 0.717) is 28.3 Å². The van der Waals surface area contributed by atoms with Crippen LogP contribution in [0.3, 0.4) is 0 Å². The maximum absolute atomic E-state index is 12.6. The fourth-order valence-corrected chi connectivity index (χ4v) is 5.04. The summed E-state index contributed by atoms with van der Waals surface area (Å²) in [7, 11) is 0. The van der Waals surface area contributed by atoms with E-state index in [-0.39, 0.29) is 42.7 Å². The molecule has 1 saturated heterocycles. The van der Waals surface area contributed by atoms with Crippen molar-refractivity contribution < 1.29 is 14.7 Å². The molecule has 3 aromatic carbocycles. The van der Waals surface area contributed by atoms with Crippen molar-refractivity contribution in [2.24, 2.45) is 5.92 Å². The van der Waals surface area contributed by atoms with Crippen molar-refractivity contribution in [1.29, 1.82) is 0 Å². The maximum atomic E-state index is 12.6. The molecule has 4 aromatic rings. The highest BCUT2D eigenvalue weighted by molar-refractivity contribution is 6.05. The van der Waals surface area contributed by atoms with Crippen LogP contribution in [-0.4, -0.2) is 35.1 Å². The largest absolute Gasteiger partial charge is 0.478 e. The highest BCUT2D eigenvalue weighted by Crippen LogP contribution is 2.29. The van der Waals surface area contributed by atoms with Gasteiger partial charge in [-0.05, 0) is 67.5 Å². The number of fused-ring (bicyclic) bond motifs is 1. The van der Waals surface area contributed by atoms with Gasteiger partial charge in [0, 0.05) is 24.2 Å². The molecular weight excluding hydrogens is 533 g/mol. The Balaban J connectivity index is 0.00000210. The Morgan fingerprint density at radius 2 is 1.62 bits per heavy atom. The number of piperidine rings is 1. The lowest BCUT2D eigenvalue weighted by atomic mass is 9.90. The van der Waals surface area contributed by atoms with Gasteiger partial charge in [0.05, 0.1) is 17.5 Å². The standard InChI is InChI=1S/C31H31N3O3.2ClH/c1-21-7-9-23(10-8-21)18-30(35)32-25-11-12-28-26(19-25)27(31(36)37)20-29(33-28)34-15-13-24(14-16-34)17-22-5-3-2-4-6-22;;/h2-12,19-20,24H,13-18H2,1H3,(H,32,35)(H,36,37);2*1H. The number of hydrogen-bond donors (Lipinski definition) is 2. The molecule has 1 fully saturated rings. The number of nitrogens with zero attached hydrogens (tertiary/aromatic N) is 2. The van der Waals surface area contributed by atoms with E-state index in [9.17, 15) is 14.7 Å². The van der Waals surface area contributed by atoms with Gasteiger partial charge in [-0.1, -0.05) is 60.2 Å². The van der Waals surface area contributed by atoms with Crippen LogP contribution in [0.4, 0.5) is 11.5 Å². The topological polar surface area (TPSA) is 82.5 Å². The minimum atomic E-state index is -1.00. The van der Waals surface area contributed by atoms with Gasteiger partial charge < -0.3 is 15.3 Å². The summed E-state index contributed by atoms with van der Waals surface area (Å²) < 4.78 is 0. The molecule has 0 spiro atoms. The van der Waals surface area contributed by atoms with Crippen molar-refractivity contribution in [2.45, 2.75) is 32.6 Å². The number of carbonyl (C=O) groups excluding carboxylic acids is 1. The Hall–Kier alpha value is -3.61. The summed E-state index contributed by atoms with van der Waals surface area (Å²) in [6.07, 6.45) is 3.41. The first kappa shape index (κ1) is 29.9.